The molecule has 1 aromatic heterocycles. The molecule has 0 unspecified atom stereocenters. The van der Waals surface area contributed by atoms with Gasteiger partial charge >= 0.3 is 18.1 Å². The van der Waals surface area contributed by atoms with Crippen LogP contribution in [0, 0.1) is 0 Å². The molecule has 0 spiro atoms. The van der Waals surface area contributed by atoms with Crippen molar-refractivity contribution in [3.8, 4) is 0 Å². The van der Waals surface area contributed by atoms with E-state index in [1.54, 1.807) is 0 Å². The molecular formula is C15H13ClF3N5O5S. The van der Waals surface area contributed by atoms with E-state index in [1.165, 1.54) is 30.6 Å². The predicted octanol–water partition coefficient (Wildman–Crippen LogP) is 1.41. The molecule has 0 saturated carbocycles. The average Bonchev–Trinajstić information content (AvgIpc) is 2.66. The standard InChI is InChI=1S/C15H13ClF3N5O5S/c1-7(12(25)29-13(26)15(17,18)19)24-30(27,28)9-2-3-10-8(4-9)5-21-6-11(10)22-14(20)23-16/h2-7,24H,1H3,(H3,20,22,23)/t7-/m0/s1. The van der Waals surface area contributed by atoms with Gasteiger partial charge in [0.05, 0.1) is 16.8 Å². The maximum absolute atomic E-state index is 12.5. The minimum Gasteiger partial charge on any atom is -0.385 e. The highest BCUT2D eigenvalue weighted by Crippen LogP contribution is 2.25. The summed E-state index contributed by atoms with van der Waals surface area (Å²) in [7, 11) is -4.37. The summed E-state index contributed by atoms with van der Waals surface area (Å²) in [5.41, 5.74) is 5.84. The van der Waals surface area contributed by atoms with Crippen molar-refractivity contribution in [1.82, 2.24) is 9.71 Å². The van der Waals surface area contributed by atoms with Gasteiger partial charge in [-0.3, -0.25) is 4.98 Å². The number of halogens is 4. The summed E-state index contributed by atoms with van der Waals surface area (Å²) < 4.78 is 70.1. The van der Waals surface area contributed by atoms with E-state index in [1.807, 2.05) is 4.72 Å². The summed E-state index contributed by atoms with van der Waals surface area (Å²) in [6, 6.07) is 1.99. The third-order valence-electron chi connectivity index (χ3n) is 3.50. The smallest absolute Gasteiger partial charge is 0.385 e. The van der Waals surface area contributed by atoms with Crippen molar-refractivity contribution in [2.75, 3.05) is 5.32 Å². The molecule has 162 valence electrons. The number of fused-ring (bicyclic) bond motifs is 1. The molecule has 0 amide bonds. The Balaban J connectivity index is 2.25. The third kappa shape index (κ3) is 5.55. The molecule has 0 saturated heterocycles. The van der Waals surface area contributed by atoms with E-state index in [2.05, 4.69) is 19.5 Å². The van der Waals surface area contributed by atoms with E-state index in [4.69, 9.17) is 17.5 Å². The zero-order valence-corrected chi connectivity index (χ0v) is 16.5. The third-order valence-corrected chi connectivity index (χ3v) is 5.23. The van der Waals surface area contributed by atoms with Gasteiger partial charge in [0, 0.05) is 28.7 Å². The van der Waals surface area contributed by atoms with Crippen LogP contribution in [0.2, 0.25) is 0 Å². The van der Waals surface area contributed by atoms with Crippen LogP contribution in [0.15, 0.2) is 40.0 Å². The maximum atomic E-state index is 12.5. The second-order valence-electron chi connectivity index (χ2n) is 5.71. The lowest BCUT2D eigenvalue weighted by Crippen LogP contribution is -2.42. The summed E-state index contributed by atoms with van der Waals surface area (Å²) in [4.78, 5) is 25.9. The molecule has 1 heterocycles. The lowest BCUT2D eigenvalue weighted by Gasteiger charge is -2.14. The number of aromatic nitrogens is 1. The molecule has 0 bridgehead atoms. The number of benzene rings is 1. The largest absolute Gasteiger partial charge is 0.491 e. The van der Waals surface area contributed by atoms with Crippen molar-refractivity contribution in [2.45, 2.75) is 24.0 Å². The fourth-order valence-electron chi connectivity index (χ4n) is 2.17. The number of esters is 2. The molecule has 0 aliphatic heterocycles. The van der Waals surface area contributed by atoms with Crippen molar-refractivity contribution < 1.29 is 35.9 Å². The minimum absolute atomic E-state index is 0.134. The van der Waals surface area contributed by atoms with E-state index < -0.39 is 34.2 Å². The predicted molar refractivity (Wildman–Crippen MR) is 99.8 cm³/mol. The van der Waals surface area contributed by atoms with Crippen molar-refractivity contribution in [3.63, 3.8) is 0 Å². The number of hydrogen-bond acceptors (Lipinski definition) is 7. The highest BCUT2D eigenvalue weighted by molar-refractivity contribution is 7.89. The first-order chi connectivity index (χ1) is 13.8. The molecule has 4 N–H and O–H groups in total. The van der Waals surface area contributed by atoms with Crippen molar-refractivity contribution >= 4 is 56.2 Å². The fraction of sp³-hybridized carbons (Fsp3) is 0.200. The van der Waals surface area contributed by atoms with E-state index in [0.29, 0.717) is 16.5 Å². The van der Waals surface area contributed by atoms with Crippen LogP contribution in [0.1, 0.15) is 6.92 Å². The van der Waals surface area contributed by atoms with Crippen LogP contribution >= 0.6 is 11.8 Å². The average molecular weight is 468 g/mol. The number of sulfonamides is 1. The number of anilines is 1. The molecular weight excluding hydrogens is 455 g/mol. The van der Waals surface area contributed by atoms with Gasteiger partial charge in [-0.05, 0) is 19.1 Å². The van der Waals surface area contributed by atoms with E-state index >= 15 is 0 Å². The minimum atomic E-state index is -5.40. The SMILES string of the molecule is C[C@H](NS(=O)(=O)c1ccc2c(NC(N)=NCl)cncc2c1)C(=O)OC(=O)C(F)(F)F. The Morgan fingerprint density at radius 3 is 2.57 bits per heavy atom. The Morgan fingerprint density at radius 1 is 1.30 bits per heavy atom. The monoisotopic (exact) mass is 467 g/mol. The van der Waals surface area contributed by atoms with Crippen LogP contribution in [0.3, 0.4) is 0 Å². The number of alkyl halides is 3. The summed E-state index contributed by atoms with van der Waals surface area (Å²) >= 11 is 5.24. The normalized spacial score (nSPS) is 13.7. The Kier molecular flexibility index (Phi) is 6.84. The van der Waals surface area contributed by atoms with Crippen LogP contribution in [0.4, 0.5) is 18.9 Å². The van der Waals surface area contributed by atoms with E-state index in [0.717, 1.165) is 6.92 Å². The van der Waals surface area contributed by atoms with E-state index in [9.17, 15) is 31.2 Å². The van der Waals surface area contributed by atoms with Crippen LogP contribution < -0.4 is 15.8 Å². The van der Waals surface area contributed by atoms with E-state index in [-0.39, 0.29) is 10.9 Å². The fourth-order valence-corrected chi connectivity index (χ4v) is 3.44. The Bertz CT molecular complexity index is 1120. The first kappa shape index (κ1) is 23.3. The topological polar surface area (TPSA) is 153 Å². The molecule has 1 atom stereocenters. The summed E-state index contributed by atoms with van der Waals surface area (Å²) in [5.74, 6) is -4.61. The van der Waals surface area contributed by atoms with Gasteiger partial charge in [0.15, 0.2) is 0 Å². The number of guanidine groups is 1. The number of carbonyl (C=O) groups excluding carboxylic acids is 2. The number of hydrogen-bond donors (Lipinski definition) is 3. The number of nitrogens with zero attached hydrogens (tertiary/aromatic N) is 2. The number of rotatable bonds is 5. The Labute approximate surface area is 172 Å². The molecule has 2 aromatic rings. The second kappa shape index (κ2) is 8.81. The lowest BCUT2D eigenvalue weighted by atomic mass is 10.1. The van der Waals surface area contributed by atoms with Crippen LogP contribution in [0.5, 0.6) is 0 Å². The van der Waals surface area contributed by atoms with Crippen LogP contribution in [0.25, 0.3) is 10.8 Å². The number of nitrogens with two attached hydrogens (primary N) is 1. The molecule has 0 fully saturated rings. The number of pyridine rings is 1. The highest BCUT2D eigenvalue weighted by atomic mass is 35.5. The Morgan fingerprint density at radius 2 is 1.97 bits per heavy atom. The van der Waals surface area contributed by atoms with Gasteiger partial charge in [-0.1, -0.05) is 6.07 Å². The van der Waals surface area contributed by atoms with Crippen molar-refractivity contribution in [3.05, 3.63) is 30.6 Å². The second-order valence-corrected chi connectivity index (χ2v) is 7.60. The molecule has 30 heavy (non-hydrogen) atoms. The van der Waals surface area contributed by atoms with Gasteiger partial charge in [0.25, 0.3) is 0 Å². The molecule has 1 aromatic carbocycles. The molecule has 0 aliphatic carbocycles. The van der Waals surface area contributed by atoms with Gasteiger partial charge in [0.1, 0.15) is 6.04 Å². The zero-order valence-electron chi connectivity index (χ0n) is 14.9. The highest BCUT2D eigenvalue weighted by Gasteiger charge is 2.43. The van der Waals surface area contributed by atoms with Gasteiger partial charge in [-0.15, -0.1) is 4.51 Å². The zero-order chi connectivity index (χ0) is 22.7. The summed E-state index contributed by atoms with van der Waals surface area (Å²) in [6.45, 7) is 0.919. The molecule has 2 rings (SSSR count). The van der Waals surface area contributed by atoms with Gasteiger partial charge in [-0.2, -0.15) is 17.9 Å². The number of nitrogens with one attached hydrogen (secondary N) is 2. The lowest BCUT2D eigenvalue weighted by molar-refractivity contribution is -0.202. The van der Waals surface area contributed by atoms with Crippen molar-refractivity contribution in [1.29, 1.82) is 0 Å². The molecule has 10 nitrogen and oxygen atoms in total. The maximum Gasteiger partial charge on any atom is 0.491 e. The molecule has 0 radical (unpaired) electrons. The van der Waals surface area contributed by atoms with Crippen molar-refractivity contribution in [2.24, 2.45) is 10.2 Å². The number of ether oxygens (including phenoxy) is 1. The summed E-state index contributed by atoms with van der Waals surface area (Å²) in [6.07, 6.45) is -2.67. The first-order valence-corrected chi connectivity index (χ1v) is 9.61. The van der Waals surface area contributed by atoms with Crippen LogP contribution in [-0.2, 0) is 24.3 Å². The van der Waals surface area contributed by atoms with Crippen LogP contribution in [-0.4, -0.2) is 43.5 Å². The van der Waals surface area contributed by atoms with Gasteiger partial charge in [0.2, 0.25) is 16.0 Å². The summed E-state index contributed by atoms with van der Waals surface area (Å²) in [5, 5.41) is 3.49. The van der Waals surface area contributed by atoms with Gasteiger partial charge < -0.3 is 15.8 Å². The quantitative estimate of drug-likeness (QED) is 0.258. The van der Waals surface area contributed by atoms with Gasteiger partial charge in [-0.25, -0.2) is 18.0 Å². The molecule has 0 aliphatic rings. The first-order valence-electron chi connectivity index (χ1n) is 7.79. The Hall–Kier alpha value is -2.97. The number of carbonyl (C=O) groups is 2. The molecule has 15 heteroatoms.